The lowest BCUT2D eigenvalue weighted by atomic mass is 10.2. The smallest absolute Gasteiger partial charge is 0.274 e. The van der Waals surface area contributed by atoms with Crippen LogP contribution in [0.3, 0.4) is 0 Å². The molecule has 3 rings (SSSR count). The van der Waals surface area contributed by atoms with E-state index in [1.165, 1.54) is 0 Å². The van der Waals surface area contributed by atoms with Crippen LogP contribution in [0.25, 0.3) is 23.2 Å². The van der Waals surface area contributed by atoms with E-state index >= 15 is 0 Å². The van der Waals surface area contributed by atoms with Gasteiger partial charge in [-0.1, -0.05) is 29.8 Å². The molecule has 0 spiro atoms. The summed E-state index contributed by atoms with van der Waals surface area (Å²) in [5.41, 5.74) is 2.37. The van der Waals surface area contributed by atoms with E-state index in [1.54, 1.807) is 31.4 Å². The van der Waals surface area contributed by atoms with Crippen LogP contribution in [0.4, 0.5) is 0 Å². The van der Waals surface area contributed by atoms with E-state index in [9.17, 15) is 4.79 Å². The molecular formula is C17H13ClN2O2. The Kier molecular flexibility index (Phi) is 3.94. The molecule has 0 saturated heterocycles. The van der Waals surface area contributed by atoms with Gasteiger partial charge < -0.3 is 9.72 Å². The van der Waals surface area contributed by atoms with Crippen LogP contribution >= 0.6 is 11.6 Å². The van der Waals surface area contributed by atoms with Gasteiger partial charge in [-0.2, -0.15) is 0 Å². The van der Waals surface area contributed by atoms with Gasteiger partial charge in [0.1, 0.15) is 11.4 Å². The van der Waals surface area contributed by atoms with Crippen LogP contribution in [0, 0.1) is 0 Å². The first-order valence-corrected chi connectivity index (χ1v) is 7.05. The lowest BCUT2D eigenvalue weighted by Crippen LogP contribution is -2.11. The van der Waals surface area contributed by atoms with Gasteiger partial charge in [0.15, 0.2) is 0 Å². The SMILES string of the molecule is COc1ccc(/C=C\c2nc3cc(Cl)ccc3[nH]c2=O)cc1. The van der Waals surface area contributed by atoms with Gasteiger partial charge in [0.05, 0.1) is 18.1 Å². The molecule has 0 atom stereocenters. The summed E-state index contributed by atoms with van der Waals surface area (Å²) in [6.45, 7) is 0. The number of hydrogen-bond donors (Lipinski definition) is 1. The molecule has 110 valence electrons. The van der Waals surface area contributed by atoms with Gasteiger partial charge in [0.25, 0.3) is 5.56 Å². The van der Waals surface area contributed by atoms with Crippen LogP contribution in [0.15, 0.2) is 47.3 Å². The van der Waals surface area contributed by atoms with Gasteiger partial charge >= 0.3 is 0 Å². The summed E-state index contributed by atoms with van der Waals surface area (Å²) in [5.74, 6) is 0.786. The molecule has 22 heavy (non-hydrogen) atoms. The van der Waals surface area contributed by atoms with Gasteiger partial charge in [-0.3, -0.25) is 4.79 Å². The molecule has 5 heteroatoms. The third-order valence-electron chi connectivity index (χ3n) is 3.23. The Balaban J connectivity index is 1.96. The second-order valence-electron chi connectivity index (χ2n) is 4.72. The Hall–Kier alpha value is -2.59. The average molecular weight is 313 g/mol. The number of rotatable bonds is 3. The molecule has 3 aromatic rings. The van der Waals surface area contributed by atoms with Crippen LogP contribution in [0.2, 0.25) is 5.02 Å². The minimum absolute atomic E-state index is 0.236. The van der Waals surface area contributed by atoms with Gasteiger partial charge in [0, 0.05) is 5.02 Å². The molecule has 0 saturated carbocycles. The number of nitrogens with zero attached hydrogens (tertiary/aromatic N) is 1. The maximum atomic E-state index is 12.0. The maximum absolute atomic E-state index is 12.0. The Labute approximate surface area is 132 Å². The van der Waals surface area contributed by atoms with Crippen LogP contribution in [0.1, 0.15) is 11.3 Å². The van der Waals surface area contributed by atoms with Crippen molar-refractivity contribution < 1.29 is 4.74 Å². The van der Waals surface area contributed by atoms with Gasteiger partial charge in [0.2, 0.25) is 0 Å². The van der Waals surface area contributed by atoms with E-state index in [0.29, 0.717) is 21.7 Å². The van der Waals surface area contributed by atoms with Crippen molar-refractivity contribution >= 4 is 34.8 Å². The molecule has 0 aliphatic heterocycles. The molecular weight excluding hydrogens is 300 g/mol. The van der Waals surface area contributed by atoms with E-state index in [1.807, 2.05) is 30.3 Å². The first kappa shape index (κ1) is 14.4. The number of ether oxygens (including phenoxy) is 1. The van der Waals surface area contributed by atoms with E-state index in [0.717, 1.165) is 11.3 Å². The zero-order chi connectivity index (χ0) is 15.5. The normalized spacial score (nSPS) is 11.2. The first-order chi connectivity index (χ1) is 10.7. The second kappa shape index (κ2) is 6.03. The molecule has 1 aromatic heterocycles. The number of benzene rings is 2. The van der Waals surface area contributed by atoms with Crippen LogP contribution < -0.4 is 10.3 Å². The van der Waals surface area contributed by atoms with E-state index in [4.69, 9.17) is 16.3 Å². The Bertz CT molecular complexity index is 899. The molecule has 0 amide bonds. The molecule has 2 aromatic carbocycles. The van der Waals surface area contributed by atoms with E-state index in [2.05, 4.69) is 9.97 Å². The van der Waals surface area contributed by atoms with Crippen molar-refractivity contribution in [2.24, 2.45) is 0 Å². The first-order valence-electron chi connectivity index (χ1n) is 6.67. The zero-order valence-corrected chi connectivity index (χ0v) is 12.6. The number of hydrogen-bond acceptors (Lipinski definition) is 3. The fourth-order valence-corrected chi connectivity index (χ4v) is 2.24. The summed E-state index contributed by atoms with van der Waals surface area (Å²) < 4.78 is 5.11. The fourth-order valence-electron chi connectivity index (χ4n) is 2.07. The minimum atomic E-state index is -0.236. The summed E-state index contributed by atoms with van der Waals surface area (Å²) in [6.07, 6.45) is 3.51. The highest BCUT2D eigenvalue weighted by molar-refractivity contribution is 6.31. The summed E-state index contributed by atoms with van der Waals surface area (Å²) in [7, 11) is 1.62. The molecule has 1 N–H and O–H groups in total. The number of halogens is 1. The number of nitrogens with one attached hydrogen (secondary N) is 1. The quantitative estimate of drug-likeness (QED) is 0.801. The van der Waals surface area contributed by atoms with Gasteiger partial charge in [-0.05, 0) is 42.0 Å². The number of aromatic amines is 1. The van der Waals surface area contributed by atoms with Crippen molar-refractivity contribution in [2.45, 2.75) is 0 Å². The molecule has 0 aliphatic carbocycles. The molecule has 0 fully saturated rings. The Morgan fingerprint density at radius 3 is 2.64 bits per heavy atom. The van der Waals surface area contributed by atoms with Crippen molar-refractivity contribution in [2.75, 3.05) is 7.11 Å². The third kappa shape index (κ3) is 3.02. The standard InChI is InChI=1S/C17H13ClN2O2/c1-22-13-6-2-11(3-7-13)4-8-15-17(21)20-14-9-5-12(18)10-16(14)19-15/h2-10H,1H3,(H,20,21)/b8-4-. The largest absolute Gasteiger partial charge is 0.497 e. The summed E-state index contributed by atoms with van der Waals surface area (Å²) in [6, 6.07) is 12.7. The van der Waals surface area contributed by atoms with Crippen molar-refractivity contribution in [1.82, 2.24) is 9.97 Å². The summed E-state index contributed by atoms with van der Waals surface area (Å²) >= 11 is 5.95. The minimum Gasteiger partial charge on any atom is -0.497 e. The van der Waals surface area contributed by atoms with Crippen LogP contribution in [0.5, 0.6) is 5.75 Å². The number of methoxy groups -OCH3 is 1. The van der Waals surface area contributed by atoms with Crippen LogP contribution in [-0.4, -0.2) is 17.1 Å². The second-order valence-corrected chi connectivity index (χ2v) is 5.16. The Morgan fingerprint density at radius 2 is 1.91 bits per heavy atom. The van der Waals surface area contributed by atoms with E-state index < -0.39 is 0 Å². The molecule has 4 nitrogen and oxygen atoms in total. The van der Waals surface area contributed by atoms with Crippen molar-refractivity contribution in [3.63, 3.8) is 0 Å². The lowest BCUT2D eigenvalue weighted by molar-refractivity contribution is 0.415. The van der Waals surface area contributed by atoms with Crippen molar-refractivity contribution in [3.05, 3.63) is 69.1 Å². The lowest BCUT2D eigenvalue weighted by Gasteiger charge is -2.00. The number of aromatic nitrogens is 2. The molecule has 0 aliphatic rings. The molecule has 0 unspecified atom stereocenters. The predicted molar refractivity (Wildman–Crippen MR) is 89.3 cm³/mol. The zero-order valence-electron chi connectivity index (χ0n) is 11.8. The van der Waals surface area contributed by atoms with Gasteiger partial charge in [-0.15, -0.1) is 0 Å². The highest BCUT2D eigenvalue weighted by Crippen LogP contribution is 2.16. The third-order valence-corrected chi connectivity index (χ3v) is 3.47. The van der Waals surface area contributed by atoms with Crippen molar-refractivity contribution in [3.8, 4) is 5.75 Å². The van der Waals surface area contributed by atoms with Crippen molar-refractivity contribution in [1.29, 1.82) is 0 Å². The number of H-pyrrole nitrogens is 1. The Morgan fingerprint density at radius 1 is 1.14 bits per heavy atom. The molecule has 1 heterocycles. The van der Waals surface area contributed by atoms with Crippen LogP contribution in [-0.2, 0) is 0 Å². The highest BCUT2D eigenvalue weighted by Gasteiger charge is 2.02. The van der Waals surface area contributed by atoms with E-state index in [-0.39, 0.29) is 5.56 Å². The van der Waals surface area contributed by atoms with Gasteiger partial charge in [-0.25, -0.2) is 4.98 Å². The highest BCUT2D eigenvalue weighted by atomic mass is 35.5. The molecule has 0 radical (unpaired) electrons. The summed E-state index contributed by atoms with van der Waals surface area (Å²) in [5, 5.41) is 0.581. The maximum Gasteiger partial charge on any atom is 0.274 e. The predicted octanol–water partition coefficient (Wildman–Crippen LogP) is 3.76. The fraction of sp³-hybridized carbons (Fsp3) is 0.0588. The summed E-state index contributed by atoms with van der Waals surface area (Å²) in [4.78, 5) is 19.2. The average Bonchev–Trinajstić information content (AvgIpc) is 2.54. The molecule has 0 bridgehead atoms. The monoisotopic (exact) mass is 312 g/mol. The number of fused-ring (bicyclic) bond motifs is 1. The topological polar surface area (TPSA) is 55.0 Å².